The number of ether oxygens (including phenoxy) is 1. The molecule has 0 unspecified atom stereocenters. The molecule has 1 rings (SSSR count). The van der Waals surface area contributed by atoms with Gasteiger partial charge in [-0.1, -0.05) is 0 Å². The zero-order valence-corrected chi connectivity index (χ0v) is 7.35. The summed E-state index contributed by atoms with van der Waals surface area (Å²) in [6.45, 7) is 0. The van der Waals surface area contributed by atoms with Crippen LogP contribution in [0.5, 0.6) is 0 Å². The average molecular weight is 183 g/mol. The fraction of sp³-hybridized carbons (Fsp3) is 0.429. The number of hydrogen-bond donors (Lipinski definition) is 0. The van der Waals surface area contributed by atoms with Crippen molar-refractivity contribution in [3.63, 3.8) is 0 Å². The number of carbonyl (C=O) groups is 2. The molecule has 6 nitrogen and oxygen atoms in total. The highest BCUT2D eigenvalue weighted by atomic mass is 16.5. The van der Waals surface area contributed by atoms with Gasteiger partial charge in [0.05, 0.1) is 13.5 Å². The Balaban J connectivity index is 2.60. The molecule has 0 fully saturated rings. The van der Waals surface area contributed by atoms with E-state index >= 15 is 0 Å². The molecule has 0 radical (unpaired) electrons. The van der Waals surface area contributed by atoms with E-state index in [-0.39, 0.29) is 6.42 Å². The van der Waals surface area contributed by atoms with Crippen molar-refractivity contribution in [2.75, 3.05) is 7.11 Å². The quantitative estimate of drug-likeness (QED) is 0.448. The van der Waals surface area contributed by atoms with E-state index < -0.39 is 11.8 Å². The smallest absolute Gasteiger partial charge is 0.374 e. The Kier molecular flexibility index (Phi) is 2.73. The first kappa shape index (κ1) is 9.37. The molecule has 1 aromatic heterocycles. The van der Waals surface area contributed by atoms with Crippen molar-refractivity contribution in [2.45, 2.75) is 6.42 Å². The fourth-order valence-corrected chi connectivity index (χ4v) is 0.795. The molecular formula is C7H9N3O3. The van der Waals surface area contributed by atoms with Crippen LogP contribution in [-0.2, 0) is 27.8 Å². The number of nitrogens with zero attached hydrogens (tertiary/aromatic N) is 3. The lowest BCUT2D eigenvalue weighted by Gasteiger charge is -1.93. The zero-order valence-electron chi connectivity index (χ0n) is 7.35. The molecule has 70 valence electrons. The third-order valence-corrected chi connectivity index (χ3v) is 1.38. The highest BCUT2D eigenvalue weighted by molar-refractivity contribution is 6.33. The van der Waals surface area contributed by atoms with E-state index in [0.717, 1.165) is 7.11 Å². The van der Waals surface area contributed by atoms with Crippen molar-refractivity contribution < 1.29 is 14.3 Å². The number of aryl methyl sites for hydroxylation is 1. The first-order valence-electron chi connectivity index (χ1n) is 3.59. The normalized spacial score (nSPS) is 9.69. The van der Waals surface area contributed by atoms with Crippen LogP contribution in [0.2, 0.25) is 0 Å². The van der Waals surface area contributed by atoms with E-state index in [1.165, 1.54) is 11.0 Å². The maximum Gasteiger partial charge on any atom is 0.374 e. The van der Waals surface area contributed by atoms with Gasteiger partial charge in [-0.05, 0) is 0 Å². The van der Waals surface area contributed by atoms with Gasteiger partial charge in [0.15, 0.2) is 5.82 Å². The lowest BCUT2D eigenvalue weighted by atomic mass is 10.3. The molecule has 6 heteroatoms. The molecule has 0 aliphatic carbocycles. The average Bonchev–Trinajstić information content (AvgIpc) is 2.49. The van der Waals surface area contributed by atoms with Crippen LogP contribution in [0.1, 0.15) is 5.82 Å². The SMILES string of the molecule is COC(=O)C(=O)Cc1ncn(C)n1. The number of ketones is 1. The molecule has 0 spiro atoms. The highest BCUT2D eigenvalue weighted by Crippen LogP contribution is 1.92. The summed E-state index contributed by atoms with van der Waals surface area (Å²) in [4.78, 5) is 25.5. The van der Waals surface area contributed by atoms with Crippen molar-refractivity contribution in [3.05, 3.63) is 12.2 Å². The van der Waals surface area contributed by atoms with Crippen LogP contribution >= 0.6 is 0 Å². The Morgan fingerprint density at radius 1 is 1.62 bits per heavy atom. The number of rotatable bonds is 3. The molecule has 1 aromatic rings. The Bertz CT molecular complexity index is 331. The predicted octanol–water partition coefficient (Wildman–Crippen LogP) is -0.900. The minimum atomic E-state index is -0.868. The Hall–Kier alpha value is -1.72. The third kappa shape index (κ3) is 2.36. The minimum Gasteiger partial charge on any atom is -0.463 e. The summed E-state index contributed by atoms with van der Waals surface area (Å²) in [5.74, 6) is -1.20. The van der Waals surface area contributed by atoms with E-state index in [1.807, 2.05) is 0 Å². The van der Waals surface area contributed by atoms with Gasteiger partial charge in [-0.15, -0.1) is 0 Å². The molecule has 0 bridgehead atoms. The van der Waals surface area contributed by atoms with Crippen molar-refractivity contribution in [3.8, 4) is 0 Å². The van der Waals surface area contributed by atoms with Gasteiger partial charge in [-0.2, -0.15) is 5.10 Å². The van der Waals surface area contributed by atoms with Crippen LogP contribution in [0.3, 0.4) is 0 Å². The van der Waals surface area contributed by atoms with Crippen molar-refractivity contribution in [1.82, 2.24) is 14.8 Å². The monoisotopic (exact) mass is 183 g/mol. The summed E-state index contributed by atoms with van der Waals surface area (Å²) < 4.78 is 5.70. The molecule has 0 aliphatic rings. The molecule has 0 N–H and O–H groups in total. The van der Waals surface area contributed by atoms with E-state index in [9.17, 15) is 9.59 Å². The van der Waals surface area contributed by atoms with Gasteiger partial charge in [0.1, 0.15) is 6.33 Å². The lowest BCUT2D eigenvalue weighted by Crippen LogP contribution is -2.18. The Morgan fingerprint density at radius 3 is 2.77 bits per heavy atom. The van der Waals surface area contributed by atoms with Crippen molar-refractivity contribution >= 4 is 11.8 Å². The van der Waals surface area contributed by atoms with Crippen LogP contribution in [0.15, 0.2) is 6.33 Å². The number of carbonyl (C=O) groups excluding carboxylic acids is 2. The second-order valence-corrected chi connectivity index (χ2v) is 2.43. The van der Waals surface area contributed by atoms with E-state index in [2.05, 4.69) is 14.8 Å². The van der Waals surface area contributed by atoms with Gasteiger partial charge in [-0.3, -0.25) is 9.48 Å². The Morgan fingerprint density at radius 2 is 2.31 bits per heavy atom. The summed E-state index contributed by atoms with van der Waals surface area (Å²) in [6, 6.07) is 0. The summed E-state index contributed by atoms with van der Waals surface area (Å²) >= 11 is 0. The van der Waals surface area contributed by atoms with Crippen LogP contribution in [0.25, 0.3) is 0 Å². The Labute approximate surface area is 74.5 Å². The number of Topliss-reactive ketones (excluding diaryl/α,β-unsaturated/α-hetero) is 1. The third-order valence-electron chi connectivity index (χ3n) is 1.38. The zero-order chi connectivity index (χ0) is 9.84. The van der Waals surface area contributed by atoms with Crippen LogP contribution < -0.4 is 0 Å². The maximum atomic E-state index is 11.0. The molecular weight excluding hydrogens is 174 g/mol. The number of esters is 1. The maximum absolute atomic E-state index is 11.0. The molecule has 0 saturated heterocycles. The van der Waals surface area contributed by atoms with Crippen LogP contribution in [0, 0.1) is 0 Å². The standard InChI is InChI=1S/C7H9N3O3/c1-10-4-8-6(9-10)3-5(11)7(12)13-2/h4H,3H2,1-2H3. The number of methoxy groups -OCH3 is 1. The molecule has 1 heterocycles. The second-order valence-electron chi connectivity index (χ2n) is 2.43. The summed E-state index contributed by atoms with van der Waals surface area (Å²) in [6.07, 6.45) is 1.34. The van der Waals surface area contributed by atoms with Crippen LogP contribution in [-0.4, -0.2) is 33.6 Å². The van der Waals surface area contributed by atoms with Gasteiger partial charge in [-0.25, -0.2) is 9.78 Å². The molecule has 13 heavy (non-hydrogen) atoms. The topological polar surface area (TPSA) is 74.1 Å². The fourth-order valence-electron chi connectivity index (χ4n) is 0.795. The second kappa shape index (κ2) is 3.79. The van der Waals surface area contributed by atoms with Gasteiger partial charge in [0.25, 0.3) is 0 Å². The minimum absolute atomic E-state index is 0.118. The van der Waals surface area contributed by atoms with Gasteiger partial charge >= 0.3 is 5.97 Å². The molecule has 0 atom stereocenters. The van der Waals surface area contributed by atoms with Gasteiger partial charge in [0, 0.05) is 7.05 Å². The van der Waals surface area contributed by atoms with Crippen molar-refractivity contribution in [2.24, 2.45) is 7.05 Å². The van der Waals surface area contributed by atoms with E-state index in [1.54, 1.807) is 7.05 Å². The summed E-state index contributed by atoms with van der Waals surface area (Å²) in [5, 5.41) is 3.84. The lowest BCUT2D eigenvalue weighted by molar-refractivity contribution is -0.151. The first-order chi connectivity index (χ1) is 6.13. The first-order valence-corrected chi connectivity index (χ1v) is 3.59. The van der Waals surface area contributed by atoms with Crippen LogP contribution in [0.4, 0.5) is 0 Å². The van der Waals surface area contributed by atoms with E-state index in [0.29, 0.717) is 5.82 Å². The summed E-state index contributed by atoms with van der Waals surface area (Å²) in [5.41, 5.74) is 0. The number of aromatic nitrogens is 3. The molecule has 0 amide bonds. The van der Waals surface area contributed by atoms with Gasteiger partial charge < -0.3 is 4.74 Å². The predicted molar refractivity (Wildman–Crippen MR) is 41.7 cm³/mol. The van der Waals surface area contributed by atoms with E-state index in [4.69, 9.17) is 0 Å². The largest absolute Gasteiger partial charge is 0.463 e. The van der Waals surface area contributed by atoms with Crippen molar-refractivity contribution in [1.29, 1.82) is 0 Å². The highest BCUT2D eigenvalue weighted by Gasteiger charge is 2.16. The number of hydrogen-bond acceptors (Lipinski definition) is 5. The molecule has 0 aliphatic heterocycles. The van der Waals surface area contributed by atoms with Gasteiger partial charge in [0.2, 0.25) is 5.78 Å². The molecule has 0 aromatic carbocycles. The molecule has 0 saturated carbocycles. The summed E-state index contributed by atoms with van der Waals surface area (Å²) in [7, 11) is 2.84.